The average molecular weight is 307 g/mol. The van der Waals surface area contributed by atoms with Gasteiger partial charge in [0, 0.05) is 10.5 Å². The van der Waals surface area contributed by atoms with E-state index in [1.165, 1.54) is 6.08 Å². The van der Waals surface area contributed by atoms with Gasteiger partial charge in [-0.05, 0) is 41.1 Å². The summed E-state index contributed by atoms with van der Waals surface area (Å²) >= 11 is 3.42. The predicted molar refractivity (Wildman–Crippen MR) is 73.9 cm³/mol. The Kier molecular flexibility index (Phi) is 3.99. The molecule has 2 aromatic carbocycles. The highest BCUT2D eigenvalue weighted by Gasteiger charge is 1.98. The minimum absolute atomic E-state index is 0.244. The Morgan fingerprint density at radius 2 is 1.94 bits per heavy atom. The van der Waals surface area contributed by atoms with Gasteiger partial charge in [0.05, 0.1) is 0 Å². The molecule has 2 rings (SSSR count). The first kappa shape index (κ1) is 12.6. The summed E-state index contributed by atoms with van der Waals surface area (Å²) in [6, 6.07) is 11.8. The Labute approximate surface area is 113 Å². The van der Waals surface area contributed by atoms with Gasteiger partial charge in [0.1, 0.15) is 12.4 Å². The Hall–Kier alpha value is -1.81. The molecule has 0 spiro atoms. The van der Waals surface area contributed by atoms with Gasteiger partial charge < -0.3 is 9.84 Å². The molecule has 0 saturated heterocycles. The maximum atomic E-state index is 10.3. The molecule has 0 amide bonds. The highest BCUT2D eigenvalue weighted by molar-refractivity contribution is 9.10. The molecule has 0 aliphatic rings. The number of benzene rings is 2. The highest BCUT2D eigenvalue weighted by atomic mass is 79.9. The molecule has 1 N–H and O–H groups in total. The smallest absolute Gasteiger partial charge is 0.328 e. The largest absolute Gasteiger partial charge is 0.490 e. The van der Waals surface area contributed by atoms with Crippen molar-refractivity contribution in [2.75, 3.05) is 6.61 Å². The van der Waals surface area contributed by atoms with Crippen molar-refractivity contribution in [3.63, 3.8) is 0 Å². The summed E-state index contributed by atoms with van der Waals surface area (Å²) in [6.45, 7) is 0.244. The van der Waals surface area contributed by atoms with E-state index in [0.29, 0.717) is 0 Å². The SMILES string of the molecule is O=C(O)C=CCOc1ccc2cc(Br)ccc2c1. The van der Waals surface area contributed by atoms with Gasteiger partial charge in [-0.3, -0.25) is 0 Å². The van der Waals surface area contributed by atoms with E-state index < -0.39 is 5.97 Å². The maximum absolute atomic E-state index is 10.3. The van der Waals surface area contributed by atoms with E-state index in [0.717, 1.165) is 27.1 Å². The van der Waals surface area contributed by atoms with Crippen LogP contribution in [0.4, 0.5) is 0 Å². The van der Waals surface area contributed by atoms with Crippen LogP contribution >= 0.6 is 15.9 Å². The molecule has 0 aromatic heterocycles. The number of halogens is 1. The van der Waals surface area contributed by atoms with Crippen molar-refractivity contribution in [3.05, 3.63) is 53.0 Å². The summed E-state index contributed by atoms with van der Waals surface area (Å²) in [5.74, 6) is -0.248. The summed E-state index contributed by atoms with van der Waals surface area (Å²) in [4.78, 5) is 10.3. The molecule has 0 atom stereocenters. The lowest BCUT2D eigenvalue weighted by Crippen LogP contribution is -1.95. The van der Waals surface area contributed by atoms with Crippen LogP contribution in [0.15, 0.2) is 53.0 Å². The van der Waals surface area contributed by atoms with Gasteiger partial charge >= 0.3 is 5.97 Å². The van der Waals surface area contributed by atoms with Gasteiger partial charge in [0.25, 0.3) is 0 Å². The molecule has 0 saturated carbocycles. The van der Waals surface area contributed by atoms with Gasteiger partial charge in [0.15, 0.2) is 0 Å². The van der Waals surface area contributed by atoms with Gasteiger partial charge in [-0.15, -0.1) is 0 Å². The van der Waals surface area contributed by atoms with Crippen molar-refractivity contribution in [2.45, 2.75) is 0 Å². The number of fused-ring (bicyclic) bond motifs is 1. The number of hydrogen-bond donors (Lipinski definition) is 1. The molecule has 3 nitrogen and oxygen atoms in total. The Balaban J connectivity index is 2.10. The van der Waals surface area contributed by atoms with Gasteiger partial charge in [0.2, 0.25) is 0 Å². The molecule has 2 aromatic rings. The van der Waals surface area contributed by atoms with Crippen molar-refractivity contribution >= 4 is 32.7 Å². The maximum Gasteiger partial charge on any atom is 0.328 e. The summed E-state index contributed by atoms with van der Waals surface area (Å²) in [5, 5.41) is 10.6. The number of aliphatic carboxylic acids is 1. The lowest BCUT2D eigenvalue weighted by atomic mass is 10.1. The molecular weight excluding hydrogens is 296 g/mol. The van der Waals surface area contributed by atoms with E-state index >= 15 is 0 Å². The summed E-state index contributed by atoms with van der Waals surface area (Å²) in [6.07, 6.45) is 2.53. The quantitative estimate of drug-likeness (QED) is 0.878. The number of ether oxygens (including phenoxy) is 1. The first-order chi connectivity index (χ1) is 8.65. The normalized spacial score (nSPS) is 10.9. The van der Waals surface area contributed by atoms with Crippen molar-refractivity contribution in [1.82, 2.24) is 0 Å². The second kappa shape index (κ2) is 5.69. The van der Waals surface area contributed by atoms with Crippen LogP contribution in [-0.4, -0.2) is 17.7 Å². The summed E-state index contributed by atoms with van der Waals surface area (Å²) < 4.78 is 6.47. The monoisotopic (exact) mass is 306 g/mol. The molecule has 0 unspecified atom stereocenters. The van der Waals surface area contributed by atoms with E-state index in [1.807, 2.05) is 36.4 Å². The van der Waals surface area contributed by atoms with Crippen molar-refractivity contribution < 1.29 is 14.6 Å². The van der Waals surface area contributed by atoms with Crippen LogP contribution in [0.1, 0.15) is 0 Å². The third-order valence-corrected chi connectivity index (χ3v) is 2.87. The molecule has 4 heteroatoms. The fourth-order valence-corrected chi connectivity index (χ4v) is 1.96. The molecule has 0 bridgehead atoms. The fraction of sp³-hybridized carbons (Fsp3) is 0.0714. The molecule has 18 heavy (non-hydrogen) atoms. The molecule has 0 heterocycles. The number of carboxylic acids is 1. The van der Waals surface area contributed by atoms with Crippen LogP contribution in [0, 0.1) is 0 Å². The standard InChI is InChI=1S/C14H11BrO3/c15-12-5-3-11-9-13(6-4-10(11)8-12)18-7-1-2-14(16)17/h1-6,8-9H,7H2,(H,16,17). The molecular formula is C14H11BrO3. The van der Waals surface area contributed by atoms with Crippen LogP contribution in [0.3, 0.4) is 0 Å². The zero-order valence-electron chi connectivity index (χ0n) is 9.47. The van der Waals surface area contributed by atoms with Gasteiger partial charge in [-0.25, -0.2) is 4.79 Å². The predicted octanol–water partition coefficient (Wildman–Crippen LogP) is 3.62. The van der Waals surface area contributed by atoms with Crippen molar-refractivity contribution in [3.8, 4) is 5.75 Å². The Morgan fingerprint density at radius 1 is 1.22 bits per heavy atom. The lowest BCUT2D eigenvalue weighted by Gasteiger charge is -2.05. The second-order valence-electron chi connectivity index (χ2n) is 3.70. The lowest BCUT2D eigenvalue weighted by molar-refractivity contribution is -0.131. The Bertz CT molecular complexity index is 605. The average Bonchev–Trinajstić information content (AvgIpc) is 2.34. The Morgan fingerprint density at radius 3 is 2.72 bits per heavy atom. The number of hydrogen-bond acceptors (Lipinski definition) is 2. The van der Waals surface area contributed by atoms with Crippen LogP contribution in [0.2, 0.25) is 0 Å². The minimum Gasteiger partial charge on any atom is -0.490 e. The van der Waals surface area contributed by atoms with E-state index in [1.54, 1.807) is 0 Å². The highest BCUT2D eigenvalue weighted by Crippen LogP contribution is 2.24. The number of rotatable bonds is 4. The van der Waals surface area contributed by atoms with Crippen LogP contribution in [-0.2, 0) is 4.79 Å². The van der Waals surface area contributed by atoms with E-state index in [-0.39, 0.29) is 6.61 Å². The summed E-state index contributed by atoms with van der Waals surface area (Å²) in [5.41, 5.74) is 0. The second-order valence-corrected chi connectivity index (χ2v) is 4.62. The number of carbonyl (C=O) groups is 1. The van der Waals surface area contributed by atoms with Gasteiger partial charge in [-0.2, -0.15) is 0 Å². The molecule has 0 radical (unpaired) electrons. The summed E-state index contributed by atoms with van der Waals surface area (Å²) in [7, 11) is 0. The van der Waals surface area contributed by atoms with Crippen LogP contribution in [0.25, 0.3) is 10.8 Å². The minimum atomic E-state index is -0.970. The first-order valence-corrected chi connectivity index (χ1v) is 6.16. The number of carboxylic acid groups (broad SMARTS) is 1. The van der Waals surface area contributed by atoms with Crippen LogP contribution < -0.4 is 4.74 Å². The topological polar surface area (TPSA) is 46.5 Å². The van der Waals surface area contributed by atoms with Crippen molar-refractivity contribution in [2.24, 2.45) is 0 Å². The molecule has 0 fully saturated rings. The zero-order valence-corrected chi connectivity index (χ0v) is 11.1. The molecule has 92 valence electrons. The zero-order chi connectivity index (χ0) is 13.0. The molecule has 0 aliphatic heterocycles. The van der Waals surface area contributed by atoms with Crippen LogP contribution in [0.5, 0.6) is 5.75 Å². The van der Waals surface area contributed by atoms with Gasteiger partial charge in [-0.1, -0.05) is 28.1 Å². The third kappa shape index (κ3) is 3.34. The van der Waals surface area contributed by atoms with E-state index in [4.69, 9.17) is 9.84 Å². The first-order valence-electron chi connectivity index (χ1n) is 5.37. The molecule has 0 aliphatic carbocycles. The third-order valence-electron chi connectivity index (χ3n) is 2.38. The van der Waals surface area contributed by atoms with Crippen molar-refractivity contribution in [1.29, 1.82) is 0 Å². The van der Waals surface area contributed by atoms with E-state index in [9.17, 15) is 4.79 Å². The van der Waals surface area contributed by atoms with E-state index in [2.05, 4.69) is 15.9 Å². The fourth-order valence-electron chi connectivity index (χ4n) is 1.58.